The summed E-state index contributed by atoms with van der Waals surface area (Å²) in [6.07, 6.45) is 0. The summed E-state index contributed by atoms with van der Waals surface area (Å²) < 4.78 is 5.11. The van der Waals surface area contributed by atoms with Crippen LogP contribution in [0.1, 0.15) is 13.8 Å². The molecule has 1 aliphatic rings. The molecule has 0 aliphatic carbocycles. The van der Waals surface area contributed by atoms with Crippen LogP contribution in [0.4, 0.5) is 17.1 Å². The molecule has 3 rings (SSSR count). The molecule has 1 heterocycles. The van der Waals surface area contributed by atoms with Gasteiger partial charge in [-0.3, -0.25) is 24.2 Å². The van der Waals surface area contributed by atoms with E-state index in [-0.39, 0.29) is 30.8 Å². The van der Waals surface area contributed by atoms with Gasteiger partial charge in [0.25, 0.3) is 0 Å². The minimum absolute atomic E-state index is 0.0458. The summed E-state index contributed by atoms with van der Waals surface area (Å²) in [5.74, 6) is 0.0117. The van der Waals surface area contributed by atoms with Gasteiger partial charge in [-0.2, -0.15) is 0 Å². The van der Waals surface area contributed by atoms with Crippen molar-refractivity contribution in [1.29, 1.82) is 0 Å². The molecule has 2 aromatic rings. The van der Waals surface area contributed by atoms with Crippen molar-refractivity contribution in [1.82, 2.24) is 4.90 Å². The summed E-state index contributed by atoms with van der Waals surface area (Å²) in [7, 11) is 1.58. The maximum absolute atomic E-state index is 13.2. The van der Waals surface area contributed by atoms with E-state index in [0.717, 1.165) is 0 Å². The number of carbonyl (C=O) groups is 3. The standard InChI is InChI=1S/C22H26N4O4/c1-4-25(13-20(27)23-16-9-11-17(30-3)12-10-16)15(2)22(29)26-14-21(28)24-18-7-5-6-8-19(18)26/h5-12,15H,4,13-14H2,1-3H3,(H,23,27)(H,24,28)/t15-/m1/s1. The Labute approximate surface area is 175 Å². The molecule has 0 unspecified atom stereocenters. The van der Waals surface area contributed by atoms with Crippen LogP contribution >= 0.6 is 0 Å². The van der Waals surface area contributed by atoms with Crippen molar-refractivity contribution in [3.8, 4) is 5.75 Å². The molecule has 8 heteroatoms. The average Bonchev–Trinajstić information content (AvgIpc) is 2.76. The molecule has 0 radical (unpaired) electrons. The van der Waals surface area contributed by atoms with Gasteiger partial charge in [0, 0.05) is 5.69 Å². The van der Waals surface area contributed by atoms with E-state index < -0.39 is 6.04 Å². The van der Waals surface area contributed by atoms with E-state index in [1.54, 1.807) is 61.4 Å². The number of fused-ring (bicyclic) bond motifs is 1. The van der Waals surface area contributed by atoms with Gasteiger partial charge in [0.05, 0.1) is 31.1 Å². The second kappa shape index (κ2) is 9.41. The Hall–Kier alpha value is -3.39. The van der Waals surface area contributed by atoms with Crippen molar-refractivity contribution in [2.45, 2.75) is 19.9 Å². The van der Waals surface area contributed by atoms with Crippen molar-refractivity contribution < 1.29 is 19.1 Å². The van der Waals surface area contributed by atoms with E-state index in [1.165, 1.54) is 4.90 Å². The zero-order chi connectivity index (χ0) is 21.7. The van der Waals surface area contributed by atoms with Crippen LogP contribution in [0.5, 0.6) is 5.75 Å². The summed E-state index contributed by atoms with van der Waals surface area (Å²) in [5.41, 5.74) is 1.92. The van der Waals surface area contributed by atoms with Crippen LogP contribution in [-0.2, 0) is 14.4 Å². The summed E-state index contributed by atoms with van der Waals surface area (Å²) in [6, 6.07) is 13.6. The Kier molecular flexibility index (Phi) is 6.68. The first-order valence-corrected chi connectivity index (χ1v) is 9.81. The predicted octanol–water partition coefficient (Wildman–Crippen LogP) is 2.33. The summed E-state index contributed by atoms with van der Waals surface area (Å²) in [6.45, 7) is 4.15. The van der Waals surface area contributed by atoms with Gasteiger partial charge >= 0.3 is 0 Å². The van der Waals surface area contributed by atoms with Gasteiger partial charge in [-0.1, -0.05) is 19.1 Å². The zero-order valence-corrected chi connectivity index (χ0v) is 17.3. The first-order chi connectivity index (χ1) is 14.4. The molecule has 1 atom stereocenters. The maximum Gasteiger partial charge on any atom is 0.244 e. The van der Waals surface area contributed by atoms with E-state index in [9.17, 15) is 14.4 Å². The van der Waals surface area contributed by atoms with Crippen molar-refractivity contribution in [2.24, 2.45) is 0 Å². The van der Waals surface area contributed by atoms with Crippen LogP contribution in [0.25, 0.3) is 0 Å². The maximum atomic E-state index is 13.2. The normalized spacial score (nSPS) is 14.0. The number of para-hydroxylation sites is 2. The lowest BCUT2D eigenvalue weighted by Crippen LogP contribution is -2.52. The first kappa shape index (κ1) is 21.3. The fraction of sp³-hybridized carbons (Fsp3) is 0.318. The van der Waals surface area contributed by atoms with E-state index in [2.05, 4.69) is 10.6 Å². The molecule has 2 N–H and O–H groups in total. The number of methoxy groups -OCH3 is 1. The molecule has 0 bridgehead atoms. The molecule has 3 amide bonds. The highest BCUT2D eigenvalue weighted by Gasteiger charge is 2.32. The number of benzene rings is 2. The molecular formula is C22H26N4O4. The molecule has 8 nitrogen and oxygen atoms in total. The Bertz CT molecular complexity index is 929. The van der Waals surface area contributed by atoms with Crippen LogP contribution in [0.15, 0.2) is 48.5 Å². The third-order valence-corrected chi connectivity index (χ3v) is 5.07. The van der Waals surface area contributed by atoms with Crippen molar-refractivity contribution >= 4 is 34.8 Å². The lowest BCUT2D eigenvalue weighted by Gasteiger charge is -2.34. The molecule has 158 valence electrons. The summed E-state index contributed by atoms with van der Waals surface area (Å²) in [4.78, 5) is 41.0. The van der Waals surface area contributed by atoms with Crippen LogP contribution in [0.3, 0.4) is 0 Å². The molecule has 0 saturated heterocycles. The van der Waals surface area contributed by atoms with Gasteiger partial charge in [-0.05, 0) is 49.9 Å². The lowest BCUT2D eigenvalue weighted by atomic mass is 10.1. The molecule has 0 saturated carbocycles. The van der Waals surface area contributed by atoms with Crippen LogP contribution in [-0.4, -0.2) is 55.4 Å². The monoisotopic (exact) mass is 410 g/mol. The number of nitrogens with one attached hydrogen (secondary N) is 2. The van der Waals surface area contributed by atoms with Crippen LogP contribution < -0.4 is 20.3 Å². The van der Waals surface area contributed by atoms with Crippen molar-refractivity contribution in [2.75, 3.05) is 42.3 Å². The summed E-state index contributed by atoms with van der Waals surface area (Å²) >= 11 is 0. The van der Waals surface area contributed by atoms with Gasteiger partial charge in [0.1, 0.15) is 12.3 Å². The highest BCUT2D eigenvalue weighted by Crippen LogP contribution is 2.29. The smallest absolute Gasteiger partial charge is 0.244 e. The Morgan fingerprint density at radius 2 is 1.90 bits per heavy atom. The molecule has 0 aromatic heterocycles. The quantitative estimate of drug-likeness (QED) is 0.731. The van der Waals surface area contributed by atoms with E-state index in [1.807, 2.05) is 13.0 Å². The third kappa shape index (κ3) is 4.77. The average molecular weight is 410 g/mol. The first-order valence-electron chi connectivity index (χ1n) is 9.81. The summed E-state index contributed by atoms with van der Waals surface area (Å²) in [5, 5.41) is 5.60. The molecule has 30 heavy (non-hydrogen) atoms. The number of nitrogens with zero attached hydrogens (tertiary/aromatic N) is 2. The zero-order valence-electron chi connectivity index (χ0n) is 17.3. The second-order valence-electron chi connectivity index (χ2n) is 7.01. The van der Waals surface area contributed by atoms with E-state index in [0.29, 0.717) is 29.4 Å². The topological polar surface area (TPSA) is 91.0 Å². The third-order valence-electron chi connectivity index (χ3n) is 5.07. The van der Waals surface area contributed by atoms with E-state index >= 15 is 0 Å². The number of hydrogen-bond donors (Lipinski definition) is 2. The van der Waals surface area contributed by atoms with Crippen molar-refractivity contribution in [3.05, 3.63) is 48.5 Å². The largest absolute Gasteiger partial charge is 0.497 e. The van der Waals surface area contributed by atoms with Gasteiger partial charge < -0.3 is 15.4 Å². The van der Waals surface area contributed by atoms with Crippen LogP contribution in [0, 0.1) is 0 Å². The molecular weight excluding hydrogens is 384 g/mol. The number of rotatable bonds is 7. The number of carbonyl (C=O) groups excluding carboxylic acids is 3. The van der Waals surface area contributed by atoms with Crippen molar-refractivity contribution in [3.63, 3.8) is 0 Å². The van der Waals surface area contributed by atoms with Gasteiger partial charge in [0.2, 0.25) is 17.7 Å². The molecule has 0 spiro atoms. The molecule has 0 fully saturated rings. The number of hydrogen-bond acceptors (Lipinski definition) is 5. The Morgan fingerprint density at radius 1 is 1.20 bits per heavy atom. The van der Waals surface area contributed by atoms with E-state index in [4.69, 9.17) is 4.74 Å². The highest BCUT2D eigenvalue weighted by atomic mass is 16.5. The second-order valence-corrected chi connectivity index (χ2v) is 7.01. The number of anilines is 3. The van der Waals surface area contributed by atoms with Gasteiger partial charge in [-0.25, -0.2) is 0 Å². The fourth-order valence-electron chi connectivity index (χ4n) is 3.39. The lowest BCUT2D eigenvalue weighted by molar-refractivity contribution is -0.126. The predicted molar refractivity (Wildman–Crippen MR) is 116 cm³/mol. The SMILES string of the molecule is CCN(CC(=O)Nc1ccc(OC)cc1)[C@H](C)C(=O)N1CC(=O)Nc2ccccc21. The fourth-order valence-corrected chi connectivity index (χ4v) is 3.39. The molecule has 1 aliphatic heterocycles. The number of likely N-dealkylation sites (N-methyl/N-ethyl adjacent to an activating group) is 1. The number of ether oxygens (including phenoxy) is 1. The Morgan fingerprint density at radius 3 is 2.57 bits per heavy atom. The van der Waals surface area contributed by atoms with Gasteiger partial charge in [0.15, 0.2) is 0 Å². The highest BCUT2D eigenvalue weighted by molar-refractivity contribution is 6.11. The Balaban J connectivity index is 1.67. The minimum Gasteiger partial charge on any atom is -0.497 e. The van der Waals surface area contributed by atoms with Crippen LogP contribution in [0.2, 0.25) is 0 Å². The van der Waals surface area contributed by atoms with Gasteiger partial charge in [-0.15, -0.1) is 0 Å². The minimum atomic E-state index is -0.574. The molecule has 2 aromatic carbocycles. The number of amides is 3.